The summed E-state index contributed by atoms with van der Waals surface area (Å²) in [6, 6.07) is 13.0. The molecule has 0 unspecified atom stereocenters. The van der Waals surface area contributed by atoms with E-state index in [1.165, 1.54) is 19.2 Å². The summed E-state index contributed by atoms with van der Waals surface area (Å²) >= 11 is 0. The van der Waals surface area contributed by atoms with Gasteiger partial charge in [0, 0.05) is 6.07 Å². The second-order valence-corrected chi connectivity index (χ2v) is 4.50. The van der Waals surface area contributed by atoms with Gasteiger partial charge in [-0.3, -0.25) is 4.79 Å². The van der Waals surface area contributed by atoms with Gasteiger partial charge in [0.1, 0.15) is 11.5 Å². The molecule has 0 saturated heterocycles. The highest BCUT2D eigenvalue weighted by atomic mass is 16.5. The molecule has 0 bridgehead atoms. The van der Waals surface area contributed by atoms with Crippen molar-refractivity contribution in [1.29, 1.82) is 0 Å². The second kappa shape index (κ2) is 6.76. The number of rotatable bonds is 5. The van der Waals surface area contributed by atoms with E-state index >= 15 is 0 Å². The van der Waals surface area contributed by atoms with Crippen LogP contribution in [-0.2, 0) is 0 Å². The van der Waals surface area contributed by atoms with Crippen LogP contribution in [-0.4, -0.2) is 29.8 Å². The lowest BCUT2D eigenvalue weighted by atomic mass is 10.1. The van der Waals surface area contributed by atoms with E-state index in [1.807, 2.05) is 30.3 Å². The Morgan fingerprint density at radius 1 is 1.24 bits per heavy atom. The van der Waals surface area contributed by atoms with Gasteiger partial charge in [0.2, 0.25) is 0 Å². The number of aromatic hydroxyl groups is 1. The number of carbonyl (C=O) groups excluding carboxylic acids is 1. The van der Waals surface area contributed by atoms with Crippen LogP contribution in [0.5, 0.6) is 11.5 Å². The van der Waals surface area contributed by atoms with Crippen molar-refractivity contribution in [3.63, 3.8) is 0 Å². The van der Waals surface area contributed by atoms with E-state index in [2.05, 4.69) is 5.32 Å². The van der Waals surface area contributed by atoms with Gasteiger partial charge in [-0.2, -0.15) is 0 Å². The lowest BCUT2D eigenvalue weighted by Crippen LogP contribution is -2.30. The summed E-state index contributed by atoms with van der Waals surface area (Å²) in [5, 5.41) is 22.0. The lowest BCUT2D eigenvalue weighted by Gasteiger charge is -2.17. The van der Waals surface area contributed by atoms with Crippen molar-refractivity contribution in [3.05, 3.63) is 59.7 Å². The topological polar surface area (TPSA) is 78.8 Å². The highest BCUT2D eigenvalue weighted by molar-refractivity contribution is 5.97. The lowest BCUT2D eigenvalue weighted by molar-refractivity contribution is 0.0913. The molecule has 0 heterocycles. The van der Waals surface area contributed by atoms with Gasteiger partial charge in [0.25, 0.3) is 5.91 Å². The zero-order valence-electron chi connectivity index (χ0n) is 11.6. The highest BCUT2D eigenvalue weighted by Crippen LogP contribution is 2.24. The van der Waals surface area contributed by atoms with Crippen molar-refractivity contribution >= 4 is 5.91 Å². The highest BCUT2D eigenvalue weighted by Gasteiger charge is 2.17. The van der Waals surface area contributed by atoms with Crippen LogP contribution in [0, 0.1) is 0 Å². The zero-order valence-corrected chi connectivity index (χ0v) is 11.6. The summed E-state index contributed by atoms with van der Waals surface area (Å²) in [4.78, 5) is 12.2. The molecule has 0 aromatic heterocycles. The Kier molecular flexibility index (Phi) is 4.79. The van der Waals surface area contributed by atoms with E-state index in [4.69, 9.17) is 4.74 Å². The molecule has 0 radical (unpaired) electrons. The maximum atomic E-state index is 12.2. The largest absolute Gasteiger partial charge is 0.507 e. The summed E-state index contributed by atoms with van der Waals surface area (Å²) in [6.07, 6.45) is 0. The monoisotopic (exact) mass is 287 g/mol. The fourth-order valence-electron chi connectivity index (χ4n) is 1.99. The van der Waals surface area contributed by atoms with Crippen molar-refractivity contribution in [3.8, 4) is 11.5 Å². The van der Waals surface area contributed by atoms with Gasteiger partial charge in [-0.25, -0.2) is 0 Å². The number of ether oxygens (including phenoxy) is 1. The first-order chi connectivity index (χ1) is 10.2. The number of aliphatic hydroxyl groups excluding tert-OH is 1. The molecule has 1 atom stereocenters. The SMILES string of the molecule is COc1ccc(C(=O)N[C@@H](CO)c2ccccc2)c(O)c1. The standard InChI is InChI=1S/C16H17NO4/c1-21-12-7-8-13(15(19)9-12)16(20)17-14(10-18)11-5-3-2-4-6-11/h2-9,14,18-19H,10H2,1H3,(H,17,20)/t14-/m0/s1. The number of hydrogen-bond acceptors (Lipinski definition) is 4. The number of carbonyl (C=O) groups is 1. The summed E-state index contributed by atoms with van der Waals surface area (Å²) < 4.78 is 4.97. The quantitative estimate of drug-likeness (QED) is 0.784. The van der Waals surface area contributed by atoms with Crippen molar-refractivity contribution in [2.75, 3.05) is 13.7 Å². The van der Waals surface area contributed by atoms with Gasteiger partial charge < -0.3 is 20.3 Å². The average Bonchev–Trinajstić information content (AvgIpc) is 2.53. The van der Waals surface area contributed by atoms with Crippen LogP contribution in [0.1, 0.15) is 22.0 Å². The summed E-state index contributed by atoms with van der Waals surface area (Å²) in [5.74, 6) is -0.166. The number of phenolic OH excluding ortho intramolecular Hbond substituents is 1. The molecule has 0 fully saturated rings. The number of hydrogen-bond donors (Lipinski definition) is 3. The predicted molar refractivity (Wildman–Crippen MR) is 78.4 cm³/mol. The zero-order chi connectivity index (χ0) is 15.2. The minimum absolute atomic E-state index is 0.130. The summed E-state index contributed by atoms with van der Waals surface area (Å²) in [6.45, 7) is -0.229. The Balaban J connectivity index is 2.17. The van der Waals surface area contributed by atoms with E-state index in [9.17, 15) is 15.0 Å². The molecule has 110 valence electrons. The molecule has 21 heavy (non-hydrogen) atoms. The Morgan fingerprint density at radius 2 is 1.95 bits per heavy atom. The Labute approximate surface area is 122 Å². The van der Waals surface area contributed by atoms with Crippen molar-refractivity contribution in [1.82, 2.24) is 5.32 Å². The van der Waals surface area contributed by atoms with Crippen LogP contribution in [0.25, 0.3) is 0 Å². The minimum atomic E-state index is -0.528. The van der Waals surface area contributed by atoms with Crippen molar-refractivity contribution < 1.29 is 19.7 Å². The first-order valence-electron chi connectivity index (χ1n) is 6.49. The van der Waals surface area contributed by atoms with Gasteiger partial charge in [-0.05, 0) is 17.7 Å². The molecule has 5 nitrogen and oxygen atoms in total. The van der Waals surface area contributed by atoms with Gasteiger partial charge in [0.15, 0.2) is 0 Å². The average molecular weight is 287 g/mol. The molecular weight excluding hydrogens is 270 g/mol. The molecule has 1 amide bonds. The molecule has 3 N–H and O–H groups in total. The van der Waals surface area contributed by atoms with Crippen LogP contribution in [0.3, 0.4) is 0 Å². The van der Waals surface area contributed by atoms with Gasteiger partial charge in [0.05, 0.1) is 25.3 Å². The third kappa shape index (κ3) is 3.52. The Bertz CT molecular complexity index is 613. The molecule has 2 rings (SSSR count). The van der Waals surface area contributed by atoms with E-state index in [1.54, 1.807) is 6.07 Å². The second-order valence-electron chi connectivity index (χ2n) is 4.50. The van der Waals surface area contributed by atoms with Crippen LogP contribution in [0.15, 0.2) is 48.5 Å². The number of benzene rings is 2. The number of nitrogens with one attached hydrogen (secondary N) is 1. The van der Waals surface area contributed by atoms with E-state index in [0.717, 1.165) is 5.56 Å². The van der Waals surface area contributed by atoms with E-state index < -0.39 is 11.9 Å². The smallest absolute Gasteiger partial charge is 0.255 e. The molecule has 0 aliphatic rings. The maximum absolute atomic E-state index is 12.2. The molecule has 5 heteroatoms. The van der Waals surface area contributed by atoms with Gasteiger partial charge >= 0.3 is 0 Å². The van der Waals surface area contributed by atoms with Crippen LogP contribution >= 0.6 is 0 Å². The van der Waals surface area contributed by atoms with Crippen LogP contribution < -0.4 is 10.1 Å². The molecule has 0 spiro atoms. The Hall–Kier alpha value is -2.53. The maximum Gasteiger partial charge on any atom is 0.255 e. The number of phenols is 1. The normalized spacial score (nSPS) is 11.7. The number of amides is 1. The fourth-order valence-corrected chi connectivity index (χ4v) is 1.99. The van der Waals surface area contributed by atoms with Crippen molar-refractivity contribution in [2.24, 2.45) is 0 Å². The van der Waals surface area contributed by atoms with E-state index in [-0.39, 0.29) is 17.9 Å². The van der Waals surface area contributed by atoms with Crippen molar-refractivity contribution in [2.45, 2.75) is 6.04 Å². The minimum Gasteiger partial charge on any atom is -0.507 e. The van der Waals surface area contributed by atoms with Gasteiger partial charge in [-0.1, -0.05) is 30.3 Å². The number of aliphatic hydroxyl groups is 1. The third-order valence-corrected chi connectivity index (χ3v) is 3.14. The molecule has 0 saturated carbocycles. The fraction of sp³-hybridized carbons (Fsp3) is 0.188. The predicted octanol–water partition coefficient (Wildman–Crippen LogP) is 1.86. The molecule has 0 aliphatic carbocycles. The first-order valence-corrected chi connectivity index (χ1v) is 6.49. The molecule has 2 aromatic rings. The van der Waals surface area contributed by atoms with E-state index in [0.29, 0.717) is 5.75 Å². The Morgan fingerprint density at radius 3 is 2.52 bits per heavy atom. The molecule has 2 aromatic carbocycles. The molecule has 0 aliphatic heterocycles. The number of methoxy groups -OCH3 is 1. The summed E-state index contributed by atoms with van der Waals surface area (Å²) in [7, 11) is 1.48. The summed E-state index contributed by atoms with van der Waals surface area (Å²) in [5.41, 5.74) is 0.923. The van der Waals surface area contributed by atoms with Crippen LogP contribution in [0.2, 0.25) is 0 Å². The third-order valence-electron chi connectivity index (χ3n) is 3.14. The first kappa shape index (κ1) is 14.9. The van der Waals surface area contributed by atoms with Crippen LogP contribution in [0.4, 0.5) is 0 Å². The molecular formula is C16H17NO4. The van der Waals surface area contributed by atoms with Gasteiger partial charge in [-0.15, -0.1) is 0 Å².